The number of aliphatic hydroxyl groups is 3. The maximum absolute atomic E-state index is 10.8. The van der Waals surface area contributed by atoms with Gasteiger partial charge in [0.1, 0.15) is 5.78 Å². The zero-order chi connectivity index (χ0) is 14.8. The fourth-order valence-electron chi connectivity index (χ4n) is 3.09. The molecule has 0 atom stereocenters. The van der Waals surface area contributed by atoms with E-state index in [0.717, 1.165) is 64.2 Å². The molecule has 0 radical (unpaired) electrons. The van der Waals surface area contributed by atoms with Gasteiger partial charge in [0.15, 0.2) is 0 Å². The summed E-state index contributed by atoms with van der Waals surface area (Å²) in [7, 11) is 0. The monoisotopic (exact) mass is 286 g/mol. The molecule has 0 amide bonds. The van der Waals surface area contributed by atoms with Gasteiger partial charge in [0.05, 0.1) is 6.10 Å². The van der Waals surface area contributed by atoms with Crippen LogP contribution < -0.4 is 0 Å². The summed E-state index contributed by atoms with van der Waals surface area (Å²) in [4.78, 5) is 10.8. The summed E-state index contributed by atoms with van der Waals surface area (Å²) in [5.41, 5.74) is 0. The van der Waals surface area contributed by atoms with Crippen molar-refractivity contribution < 1.29 is 20.1 Å². The first-order valence-corrected chi connectivity index (χ1v) is 8.07. The van der Waals surface area contributed by atoms with E-state index in [9.17, 15) is 4.79 Å². The third kappa shape index (κ3) is 7.36. The minimum absolute atomic E-state index is 0.0602. The molecule has 0 heterocycles. The van der Waals surface area contributed by atoms with Gasteiger partial charge in [0, 0.05) is 26.1 Å². The van der Waals surface area contributed by atoms with E-state index in [0.29, 0.717) is 24.2 Å². The molecule has 3 N–H and O–H groups in total. The van der Waals surface area contributed by atoms with Crippen LogP contribution in [-0.4, -0.2) is 40.4 Å². The van der Waals surface area contributed by atoms with Crippen molar-refractivity contribution in [2.24, 2.45) is 11.8 Å². The largest absolute Gasteiger partial charge is 0.396 e. The van der Waals surface area contributed by atoms with Gasteiger partial charge in [0.2, 0.25) is 0 Å². The SMILES string of the molecule is O=C1CCC(CCO)CC1.OCCC1CCC(O)CC1. The summed E-state index contributed by atoms with van der Waals surface area (Å²) in [6, 6.07) is 0. The van der Waals surface area contributed by atoms with Gasteiger partial charge in [-0.3, -0.25) is 4.79 Å². The van der Waals surface area contributed by atoms with Crippen LogP contribution in [0.2, 0.25) is 0 Å². The van der Waals surface area contributed by atoms with Crippen LogP contribution in [0.1, 0.15) is 64.2 Å². The maximum atomic E-state index is 10.8. The zero-order valence-corrected chi connectivity index (χ0v) is 12.5. The number of Topliss-reactive ketones (excluding diaryl/α,β-unsaturated/α-hetero) is 1. The molecule has 2 aliphatic carbocycles. The van der Waals surface area contributed by atoms with Crippen LogP contribution in [0.4, 0.5) is 0 Å². The van der Waals surface area contributed by atoms with E-state index in [-0.39, 0.29) is 12.7 Å². The summed E-state index contributed by atoms with van der Waals surface area (Å²) >= 11 is 0. The third-order valence-corrected chi connectivity index (χ3v) is 4.55. The lowest BCUT2D eigenvalue weighted by Crippen LogP contribution is -2.18. The molecule has 2 aliphatic rings. The second-order valence-electron chi connectivity index (χ2n) is 6.18. The molecular weight excluding hydrogens is 256 g/mol. The number of carbonyl (C=O) groups is 1. The van der Waals surface area contributed by atoms with Gasteiger partial charge < -0.3 is 15.3 Å². The second kappa shape index (κ2) is 10.3. The van der Waals surface area contributed by atoms with Crippen LogP contribution in [0.25, 0.3) is 0 Å². The quantitative estimate of drug-likeness (QED) is 0.739. The topological polar surface area (TPSA) is 77.8 Å². The van der Waals surface area contributed by atoms with Crippen LogP contribution in [0.5, 0.6) is 0 Å². The Hall–Kier alpha value is -0.450. The van der Waals surface area contributed by atoms with Crippen molar-refractivity contribution in [1.29, 1.82) is 0 Å². The number of hydrogen-bond acceptors (Lipinski definition) is 4. The Balaban J connectivity index is 0.000000200. The Bertz CT molecular complexity index is 249. The van der Waals surface area contributed by atoms with Crippen molar-refractivity contribution in [2.75, 3.05) is 13.2 Å². The van der Waals surface area contributed by atoms with Gasteiger partial charge in [-0.15, -0.1) is 0 Å². The molecule has 2 fully saturated rings. The first kappa shape index (κ1) is 17.6. The Labute approximate surface area is 122 Å². The first-order valence-electron chi connectivity index (χ1n) is 8.07. The predicted octanol–water partition coefficient (Wildman–Crippen LogP) is 2.05. The average Bonchev–Trinajstić information content (AvgIpc) is 2.45. The van der Waals surface area contributed by atoms with E-state index in [4.69, 9.17) is 15.3 Å². The Kier molecular flexibility index (Phi) is 9.07. The molecule has 0 unspecified atom stereocenters. The van der Waals surface area contributed by atoms with Gasteiger partial charge >= 0.3 is 0 Å². The van der Waals surface area contributed by atoms with E-state index in [1.165, 1.54) is 0 Å². The van der Waals surface area contributed by atoms with E-state index >= 15 is 0 Å². The molecule has 2 saturated carbocycles. The van der Waals surface area contributed by atoms with Crippen LogP contribution in [-0.2, 0) is 4.79 Å². The Morgan fingerprint density at radius 2 is 1.25 bits per heavy atom. The number of carbonyl (C=O) groups excluding carboxylic acids is 1. The summed E-state index contributed by atoms with van der Waals surface area (Å²) in [6.45, 7) is 0.583. The standard InChI is InChI=1S/C8H16O2.C8H14O2/c2*9-6-5-7-1-3-8(10)4-2-7/h7-10H,1-6H2;7,9H,1-6H2. The molecule has 118 valence electrons. The molecule has 0 bridgehead atoms. The lowest BCUT2D eigenvalue weighted by Gasteiger charge is -2.24. The minimum atomic E-state index is -0.0602. The van der Waals surface area contributed by atoms with Crippen molar-refractivity contribution in [3.8, 4) is 0 Å². The van der Waals surface area contributed by atoms with Crippen molar-refractivity contribution >= 4 is 5.78 Å². The second-order valence-corrected chi connectivity index (χ2v) is 6.18. The molecule has 0 aliphatic heterocycles. The zero-order valence-electron chi connectivity index (χ0n) is 12.5. The fourth-order valence-corrected chi connectivity index (χ4v) is 3.09. The Morgan fingerprint density at radius 1 is 0.800 bits per heavy atom. The molecule has 4 heteroatoms. The van der Waals surface area contributed by atoms with E-state index in [1.807, 2.05) is 0 Å². The Morgan fingerprint density at radius 3 is 1.70 bits per heavy atom. The third-order valence-electron chi connectivity index (χ3n) is 4.55. The number of ketones is 1. The molecular formula is C16H30O4. The van der Waals surface area contributed by atoms with Gasteiger partial charge in [-0.1, -0.05) is 0 Å². The van der Waals surface area contributed by atoms with Gasteiger partial charge in [0.25, 0.3) is 0 Å². The molecule has 0 aromatic carbocycles. The highest BCUT2D eigenvalue weighted by atomic mass is 16.3. The summed E-state index contributed by atoms with van der Waals surface area (Å²) in [6.07, 6.45) is 9.29. The van der Waals surface area contributed by atoms with Crippen molar-refractivity contribution in [2.45, 2.75) is 70.3 Å². The number of rotatable bonds is 4. The average molecular weight is 286 g/mol. The fraction of sp³-hybridized carbons (Fsp3) is 0.938. The molecule has 0 aromatic rings. The minimum Gasteiger partial charge on any atom is -0.396 e. The summed E-state index contributed by atoms with van der Waals surface area (Å²) in [5, 5.41) is 26.4. The van der Waals surface area contributed by atoms with E-state index in [2.05, 4.69) is 0 Å². The summed E-state index contributed by atoms with van der Waals surface area (Å²) < 4.78 is 0. The highest BCUT2D eigenvalue weighted by molar-refractivity contribution is 5.78. The number of aliphatic hydroxyl groups excluding tert-OH is 3. The van der Waals surface area contributed by atoms with Crippen molar-refractivity contribution in [1.82, 2.24) is 0 Å². The van der Waals surface area contributed by atoms with E-state index < -0.39 is 0 Å². The maximum Gasteiger partial charge on any atom is 0.132 e. The van der Waals surface area contributed by atoms with Crippen molar-refractivity contribution in [3.05, 3.63) is 0 Å². The van der Waals surface area contributed by atoms with Crippen LogP contribution in [0, 0.1) is 11.8 Å². The molecule has 0 spiro atoms. The molecule has 20 heavy (non-hydrogen) atoms. The lowest BCUT2D eigenvalue weighted by atomic mass is 9.86. The molecule has 0 aromatic heterocycles. The predicted molar refractivity (Wildman–Crippen MR) is 78.3 cm³/mol. The van der Waals surface area contributed by atoms with Crippen LogP contribution >= 0.6 is 0 Å². The first-order chi connectivity index (χ1) is 9.65. The lowest BCUT2D eigenvalue weighted by molar-refractivity contribution is -0.121. The van der Waals surface area contributed by atoms with E-state index in [1.54, 1.807) is 0 Å². The molecule has 0 saturated heterocycles. The van der Waals surface area contributed by atoms with Crippen LogP contribution in [0.15, 0.2) is 0 Å². The van der Waals surface area contributed by atoms with Gasteiger partial charge in [-0.05, 0) is 63.2 Å². The van der Waals surface area contributed by atoms with Crippen LogP contribution in [0.3, 0.4) is 0 Å². The smallest absolute Gasteiger partial charge is 0.132 e. The normalized spacial score (nSPS) is 27.9. The highest BCUT2D eigenvalue weighted by Crippen LogP contribution is 2.26. The summed E-state index contributed by atoms with van der Waals surface area (Å²) in [5.74, 6) is 1.69. The van der Waals surface area contributed by atoms with Crippen molar-refractivity contribution in [3.63, 3.8) is 0 Å². The van der Waals surface area contributed by atoms with Gasteiger partial charge in [-0.2, -0.15) is 0 Å². The highest BCUT2D eigenvalue weighted by Gasteiger charge is 2.18. The van der Waals surface area contributed by atoms with Gasteiger partial charge in [-0.25, -0.2) is 0 Å². The number of hydrogen-bond donors (Lipinski definition) is 3. The molecule has 2 rings (SSSR count). The molecule has 4 nitrogen and oxygen atoms in total.